The molecular formula is C23H29N3O3S. The fourth-order valence-electron chi connectivity index (χ4n) is 3.77. The average Bonchev–Trinajstić information content (AvgIpc) is 3.56. The predicted molar refractivity (Wildman–Crippen MR) is 120 cm³/mol. The Labute approximate surface area is 182 Å². The number of anilines is 1. The lowest BCUT2D eigenvalue weighted by atomic mass is 9.94. The van der Waals surface area contributed by atoms with Gasteiger partial charge in [-0.15, -0.1) is 0 Å². The van der Waals surface area contributed by atoms with Gasteiger partial charge in [0.1, 0.15) is 0 Å². The highest BCUT2D eigenvalue weighted by Crippen LogP contribution is 2.40. The Balaban J connectivity index is 1.67. The van der Waals surface area contributed by atoms with Crippen molar-refractivity contribution in [3.05, 3.63) is 41.1 Å². The van der Waals surface area contributed by atoms with Crippen molar-refractivity contribution in [2.24, 2.45) is 16.8 Å². The average molecular weight is 428 g/mol. The van der Waals surface area contributed by atoms with E-state index in [4.69, 9.17) is 9.73 Å². The molecule has 1 saturated heterocycles. The summed E-state index contributed by atoms with van der Waals surface area (Å²) in [6.45, 7) is 7.15. The minimum Gasteiger partial charge on any atom is -0.462 e. The van der Waals surface area contributed by atoms with Gasteiger partial charge in [-0.05, 0) is 49.8 Å². The second kappa shape index (κ2) is 8.84. The fourth-order valence-corrected chi connectivity index (χ4v) is 4.79. The van der Waals surface area contributed by atoms with E-state index < -0.39 is 0 Å². The molecule has 2 heterocycles. The summed E-state index contributed by atoms with van der Waals surface area (Å²) in [5, 5.41) is 3.98. The number of carbonyl (C=O) groups is 2. The minimum atomic E-state index is -0.308. The Morgan fingerprint density at radius 1 is 1.33 bits per heavy atom. The van der Waals surface area contributed by atoms with Crippen LogP contribution in [0.25, 0.3) is 0 Å². The second-order valence-corrected chi connectivity index (χ2v) is 9.63. The van der Waals surface area contributed by atoms with Gasteiger partial charge in [-0.25, -0.2) is 9.79 Å². The van der Waals surface area contributed by atoms with Crippen LogP contribution in [0.15, 0.2) is 40.5 Å². The lowest BCUT2D eigenvalue weighted by Gasteiger charge is -2.40. The lowest BCUT2D eigenvalue weighted by Crippen LogP contribution is -2.42. The molecule has 0 radical (unpaired) electrons. The van der Waals surface area contributed by atoms with Gasteiger partial charge in [-0.3, -0.25) is 4.79 Å². The van der Waals surface area contributed by atoms with Gasteiger partial charge >= 0.3 is 5.97 Å². The summed E-state index contributed by atoms with van der Waals surface area (Å²) >= 11 is 1.73. The summed E-state index contributed by atoms with van der Waals surface area (Å²) in [5.41, 5.74) is 3.04. The van der Waals surface area contributed by atoms with Crippen molar-refractivity contribution in [2.45, 2.75) is 46.1 Å². The zero-order valence-electron chi connectivity index (χ0n) is 17.8. The molecule has 0 spiro atoms. The van der Waals surface area contributed by atoms with Crippen molar-refractivity contribution in [1.82, 2.24) is 4.90 Å². The molecule has 2 aliphatic heterocycles. The Kier molecular flexibility index (Phi) is 6.18. The van der Waals surface area contributed by atoms with Crippen molar-refractivity contribution >= 4 is 34.5 Å². The maximum absolute atomic E-state index is 13.1. The molecule has 4 rings (SSSR count). The predicted octanol–water partition coefficient (Wildman–Crippen LogP) is 4.36. The molecule has 0 aromatic heterocycles. The third-order valence-electron chi connectivity index (χ3n) is 5.44. The fraction of sp³-hybridized carbons (Fsp3) is 0.522. The first-order valence-corrected chi connectivity index (χ1v) is 11.7. The number of esters is 1. The van der Waals surface area contributed by atoms with Crippen molar-refractivity contribution in [2.75, 3.05) is 24.2 Å². The molecule has 1 aromatic rings. The van der Waals surface area contributed by atoms with Crippen LogP contribution in [-0.2, 0) is 14.3 Å². The molecule has 6 nitrogen and oxygen atoms in total. The largest absolute Gasteiger partial charge is 0.462 e. The van der Waals surface area contributed by atoms with Gasteiger partial charge in [-0.1, -0.05) is 37.7 Å². The van der Waals surface area contributed by atoms with E-state index in [0.717, 1.165) is 48.0 Å². The summed E-state index contributed by atoms with van der Waals surface area (Å²) < 4.78 is 5.61. The molecule has 1 atom stereocenters. The number of fused-ring (bicyclic) bond motifs is 1. The molecule has 1 aliphatic carbocycles. The number of amides is 1. The molecule has 1 N–H and O–H groups in total. The quantitative estimate of drug-likeness (QED) is 0.683. The molecule has 160 valence electrons. The van der Waals surface area contributed by atoms with Crippen LogP contribution in [0.4, 0.5) is 5.69 Å². The van der Waals surface area contributed by atoms with Crippen molar-refractivity contribution in [3.63, 3.8) is 0 Å². The number of hydrogen-bond donors (Lipinski definition) is 1. The number of nitrogens with one attached hydrogen (secondary N) is 1. The van der Waals surface area contributed by atoms with Crippen LogP contribution in [0.1, 0.15) is 51.6 Å². The monoisotopic (exact) mass is 427 g/mol. The summed E-state index contributed by atoms with van der Waals surface area (Å²) in [6, 6.07) is 7.58. The Morgan fingerprint density at radius 3 is 2.87 bits per heavy atom. The number of benzene rings is 1. The van der Waals surface area contributed by atoms with E-state index >= 15 is 0 Å². The van der Waals surface area contributed by atoms with E-state index in [0.29, 0.717) is 17.9 Å². The number of ether oxygens (including phenoxy) is 1. The van der Waals surface area contributed by atoms with E-state index in [2.05, 4.69) is 10.2 Å². The van der Waals surface area contributed by atoms with Gasteiger partial charge in [0.2, 0.25) is 5.91 Å². The van der Waals surface area contributed by atoms with Gasteiger partial charge in [0.15, 0.2) is 5.17 Å². The second-order valence-electron chi connectivity index (χ2n) is 8.57. The molecule has 0 bridgehead atoms. The number of allylic oxidation sites excluding steroid dienone is 1. The topological polar surface area (TPSA) is 71.0 Å². The Morgan fingerprint density at radius 2 is 2.13 bits per heavy atom. The SMILES string of the molecule is CC1=C(C(=O)OCC(C)C)[C@H](c2cccc(NC(=O)C3CC3)c2)N2CCCSC2=N1. The molecule has 2 fully saturated rings. The van der Waals surface area contributed by atoms with Crippen LogP contribution < -0.4 is 5.32 Å². The van der Waals surface area contributed by atoms with Crippen LogP contribution in [-0.4, -0.2) is 40.8 Å². The number of carbonyl (C=O) groups excluding carboxylic acids is 2. The van der Waals surface area contributed by atoms with Crippen molar-refractivity contribution in [3.8, 4) is 0 Å². The number of rotatable bonds is 6. The Bertz CT molecular complexity index is 905. The van der Waals surface area contributed by atoms with Crippen molar-refractivity contribution in [1.29, 1.82) is 0 Å². The molecule has 30 heavy (non-hydrogen) atoms. The van der Waals surface area contributed by atoms with Crippen LogP contribution in [0, 0.1) is 11.8 Å². The summed E-state index contributed by atoms with van der Waals surface area (Å²) in [7, 11) is 0. The smallest absolute Gasteiger partial charge is 0.338 e. The maximum atomic E-state index is 13.1. The van der Waals surface area contributed by atoms with Crippen LogP contribution in [0.5, 0.6) is 0 Å². The molecule has 1 amide bonds. The molecule has 1 aromatic carbocycles. The number of thioether (sulfide) groups is 1. The van der Waals surface area contributed by atoms with Crippen LogP contribution in [0.3, 0.4) is 0 Å². The zero-order valence-corrected chi connectivity index (χ0v) is 18.6. The molecule has 1 saturated carbocycles. The third kappa shape index (κ3) is 4.56. The molecular weight excluding hydrogens is 398 g/mol. The van der Waals surface area contributed by atoms with Gasteiger partial charge in [-0.2, -0.15) is 0 Å². The van der Waals surface area contributed by atoms with E-state index in [1.807, 2.05) is 45.0 Å². The summed E-state index contributed by atoms with van der Waals surface area (Å²) in [5.74, 6) is 1.21. The highest BCUT2D eigenvalue weighted by molar-refractivity contribution is 8.13. The first-order valence-electron chi connectivity index (χ1n) is 10.7. The molecule has 7 heteroatoms. The highest BCUT2D eigenvalue weighted by Gasteiger charge is 2.38. The number of nitrogens with zero attached hydrogens (tertiary/aromatic N) is 2. The maximum Gasteiger partial charge on any atom is 0.338 e. The summed E-state index contributed by atoms with van der Waals surface area (Å²) in [4.78, 5) is 32.2. The number of hydrogen-bond acceptors (Lipinski definition) is 6. The van der Waals surface area contributed by atoms with Crippen LogP contribution in [0.2, 0.25) is 0 Å². The van der Waals surface area contributed by atoms with E-state index in [1.54, 1.807) is 11.8 Å². The molecule has 0 unspecified atom stereocenters. The lowest BCUT2D eigenvalue weighted by molar-refractivity contribution is -0.141. The Hall–Kier alpha value is -2.28. The van der Waals surface area contributed by atoms with E-state index in [9.17, 15) is 9.59 Å². The van der Waals surface area contributed by atoms with Gasteiger partial charge in [0, 0.05) is 23.9 Å². The highest BCUT2D eigenvalue weighted by atomic mass is 32.2. The van der Waals surface area contributed by atoms with Crippen molar-refractivity contribution < 1.29 is 14.3 Å². The standard InChI is InChI=1S/C23H29N3O3S/c1-14(2)13-29-22(28)19-15(3)24-23-26(10-5-11-30-23)20(19)17-6-4-7-18(12-17)25-21(27)16-8-9-16/h4,6-7,12,14,16,20H,5,8-11,13H2,1-3H3,(H,25,27)/t20-/m0/s1. The first-order chi connectivity index (χ1) is 14.4. The van der Waals surface area contributed by atoms with Gasteiger partial charge in [0.25, 0.3) is 0 Å². The normalized spacial score (nSPS) is 21.3. The van der Waals surface area contributed by atoms with Gasteiger partial charge < -0.3 is 15.0 Å². The van der Waals surface area contributed by atoms with Crippen LogP contribution >= 0.6 is 11.8 Å². The number of amidine groups is 1. The van der Waals surface area contributed by atoms with Gasteiger partial charge in [0.05, 0.1) is 23.9 Å². The van der Waals surface area contributed by atoms with E-state index in [1.165, 1.54) is 0 Å². The van der Waals surface area contributed by atoms with E-state index in [-0.39, 0.29) is 29.8 Å². The number of aliphatic imine (C=N–C) groups is 1. The first kappa shape index (κ1) is 21.0. The summed E-state index contributed by atoms with van der Waals surface area (Å²) in [6.07, 6.45) is 2.96. The third-order valence-corrected chi connectivity index (χ3v) is 6.52. The minimum absolute atomic E-state index is 0.0786. The molecule has 3 aliphatic rings. The zero-order chi connectivity index (χ0) is 21.3.